The molecule has 1 saturated heterocycles. The van der Waals surface area contributed by atoms with E-state index in [-0.39, 0.29) is 0 Å². The number of hydrogen-bond donors (Lipinski definition) is 1. The first kappa shape index (κ1) is 13.5. The molecule has 1 aromatic rings. The zero-order valence-electron chi connectivity index (χ0n) is 11.3. The summed E-state index contributed by atoms with van der Waals surface area (Å²) in [5, 5.41) is 3.37. The van der Waals surface area contributed by atoms with Crippen LogP contribution in [0.3, 0.4) is 0 Å². The topological polar surface area (TPSA) is 24.5 Å². The first-order valence-electron chi connectivity index (χ1n) is 6.97. The van der Waals surface area contributed by atoms with Gasteiger partial charge in [-0.15, -0.1) is 0 Å². The Bertz CT molecular complexity index is 346. The Morgan fingerprint density at radius 1 is 1.22 bits per heavy atom. The highest BCUT2D eigenvalue weighted by Gasteiger charge is 2.09. The van der Waals surface area contributed by atoms with Crippen LogP contribution in [0.4, 0.5) is 0 Å². The van der Waals surface area contributed by atoms with Gasteiger partial charge in [0.05, 0.1) is 6.61 Å². The van der Waals surface area contributed by atoms with Gasteiger partial charge in [0.25, 0.3) is 0 Å². The fraction of sp³-hybridized carbons (Fsp3) is 0.600. The molecule has 0 saturated carbocycles. The molecule has 0 aromatic heterocycles. The molecule has 18 heavy (non-hydrogen) atoms. The molecular weight excluding hydrogens is 224 g/mol. The Balaban J connectivity index is 1.91. The average molecular weight is 248 g/mol. The van der Waals surface area contributed by atoms with Gasteiger partial charge in [-0.3, -0.25) is 4.90 Å². The second-order valence-electron chi connectivity index (χ2n) is 4.84. The van der Waals surface area contributed by atoms with Crippen molar-refractivity contribution < 1.29 is 4.74 Å². The third-order valence-corrected chi connectivity index (χ3v) is 3.29. The van der Waals surface area contributed by atoms with Crippen LogP contribution in [-0.4, -0.2) is 37.7 Å². The van der Waals surface area contributed by atoms with Gasteiger partial charge in [0.15, 0.2) is 0 Å². The maximum atomic E-state index is 5.49. The minimum Gasteiger partial charge on any atom is -0.380 e. The summed E-state index contributed by atoms with van der Waals surface area (Å²) in [6.45, 7) is 9.16. The van der Waals surface area contributed by atoms with E-state index in [1.54, 1.807) is 0 Å². The summed E-state index contributed by atoms with van der Waals surface area (Å²) in [6.07, 6.45) is 1.15. The van der Waals surface area contributed by atoms with Gasteiger partial charge in [-0.25, -0.2) is 0 Å². The van der Waals surface area contributed by atoms with Crippen molar-refractivity contribution in [3.05, 3.63) is 35.4 Å². The Hall–Kier alpha value is -0.900. The Morgan fingerprint density at radius 3 is 3.00 bits per heavy atom. The molecule has 0 atom stereocenters. The lowest BCUT2D eigenvalue weighted by Crippen LogP contribution is -2.25. The van der Waals surface area contributed by atoms with Crippen molar-refractivity contribution in [1.29, 1.82) is 0 Å². The molecule has 3 nitrogen and oxygen atoms in total. The summed E-state index contributed by atoms with van der Waals surface area (Å²) in [5.41, 5.74) is 2.78. The maximum absolute atomic E-state index is 5.49. The largest absolute Gasteiger partial charge is 0.380 e. The lowest BCUT2D eigenvalue weighted by atomic mass is 10.1. The second kappa shape index (κ2) is 7.52. The molecule has 1 heterocycles. The standard InChI is InChI=1S/C15H24N2O/c1-2-16-12-14-5-3-6-15(11-14)13-17-7-4-9-18-10-8-17/h3,5-6,11,16H,2,4,7-10,12-13H2,1H3. The van der Waals surface area contributed by atoms with Gasteiger partial charge in [-0.05, 0) is 24.1 Å². The van der Waals surface area contributed by atoms with E-state index in [0.29, 0.717) is 0 Å². The van der Waals surface area contributed by atoms with Crippen molar-refractivity contribution in [3.63, 3.8) is 0 Å². The highest BCUT2D eigenvalue weighted by molar-refractivity contribution is 5.23. The van der Waals surface area contributed by atoms with Gasteiger partial charge in [-0.1, -0.05) is 31.2 Å². The number of nitrogens with zero attached hydrogens (tertiary/aromatic N) is 1. The number of ether oxygens (including phenoxy) is 1. The molecule has 0 bridgehead atoms. The van der Waals surface area contributed by atoms with Crippen LogP contribution >= 0.6 is 0 Å². The average Bonchev–Trinajstić information content (AvgIpc) is 2.65. The Kier molecular flexibility index (Phi) is 5.65. The number of hydrogen-bond acceptors (Lipinski definition) is 3. The number of nitrogens with one attached hydrogen (secondary N) is 1. The number of rotatable bonds is 5. The molecule has 3 heteroatoms. The van der Waals surface area contributed by atoms with Crippen LogP contribution in [0, 0.1) is 0 Å². The van der Waals surface area contributed by atoms with E-state index in [1.165, 1.54) is 11.1 Å². The van der Waals surface area contributed by atoms with Crippen molar-refractivity contribution in [2.24, 2.45) is 0 Å². The summed E-state index contributed by atoms with van der Waals surface area (Å²) in [6, 6.07) is 8.89. The minimum absolute atomic E-state index is 0.872. The SMILES string of the molecule is CCNCc1cccc(CN2CCCOCC2)c1. The Morgan fingerprint density at radius 2 is 2.11 bits per heavy atom. The van der Waals surface area contributed by atoms with Gasteiger partial charge < -0.3 is 10.1 Å². The van der Waals surface area contributed by atoms with E-state index in [0.717, 1.165) is 52.4 Å². The molecule has 0 unspecified atom stereocenters. The molecule has 0 radical (unpaired) electrons. The van der Waals surface area contributed by atoms with E-state index in [9.17, 15) is 0 Å². The first-order valence-corrected chi connectivity index (χ1v) is 6.97. The molecule has 100 valence electrons. The maximum Gasteiger partial charge on any atom is 0.0593 e. The van der Waals surface area contributed by atoms with Gasteiger partial charge >= 0.3 is 0 Å². The van der Waals surface area contributed by atoms with Gasteiger partial charge in [0.2, 0.25) is 0 Å². The quantitative estimate of drug-likeness (QED) is 0.863. The molecule has 1 N–H and O–H groups in total. The highest BCUT2D eigenvalue weighted by Crippen LogP contribution is 2.10. The van der Waals surface area contributed by atoms with Gasteiger partial charge in [0, 0.05) is 32.8 Å². The van der Waals surface area contributed by atoms with Crippen LogP contribution < -0.4 is 5.32 Å². The first-order chi connectivity index (χ1) is 8.88. The van der Waals surface area contributed by atoms with Crippen LogP contribution in [0.2, 0.25) is 0 Å². The monoisotopic (exact) mass is 248 g/mol. The molecule has 2 rings (SSSR count). The normalized spacial score (nSPS) is 17.6. The molecule has 1 fully saturated rings. The minimum atomic E-state index is 0.872. The van der Waals surface area contributed by atoms with Crippen molar-refractivity contribution in [3.8, 4) is 0 Å². The Labute approximate surface area is 110 Å². The molecule has 1 aliphatic rings. The van der Waals surface area contributed by atoms with Crippen LogP contribution in [0.1, 0.15) is 24.5 Å². The lowest BCUT2D eigenvalue weighted by Gasteiger charge is -2.19. The smallest absolute Gasteiger partial charge is 0.0593 e. The van der Waals surface area contributed by atoms with E-state index in [2.05, 4.69) is 41.4 Å². The second-order valence-corrected chi connectivity index (χ2v) is 4.84. The summed E-state index contributed by atoms with van der Waals surface area (Å²) in [7, 11) is 0. The predicted molar refractivity (Wildman–Crippen MR) is 74.5 cm³/mol. The van der Waals surface area contributed by atoms with Crippen molar-refractivity contribution in [2.45, 2.75) is 26.4 Å². The molecular formula is C15H24N2O. The van der Waals surface area contributed by atoms with Gasteiger partial charge in [0.1, 0.15) is 0 Å². The molecule has 0 aliphatic carbocycles. The zero-order chi connectivity index (χ0) is 12.6. The van der Waals surface area contributed by atoms with Crippen LogP contribution in [0.25, 0.3) is 0 Å². The van der Waals surface area contributed by atoms with E-state index >= 15 is 0 Å². The summed E-state index contributed by atoms with van der Waals surface area (Å²) >= 11 is 0. The highest BCUT2D eigenvalue weighted by atomic mass is 16.5. The van der Waals surface area contributed by atoms with E-state index in [4.69, 9.17) is 4.74 Å². The van der Waals surface area contributed by atoms with Crippen molar-refractivity contribution in [2.75, 3.05) is 32.8 Å². The molecule has 1 aliphatic heterocycles. The predicted octanol–water partition coefficient (Wildman–Crippen LogP) is 2.02. The molecule has 0 amide bonds. The third-order valence-electron chi connectivity index (χ3n) is 3.29. The number of benzene rings is 1. The molecule has 1 aromatic carbocycles. The fourth-order valence-electron chi connectivity index (χ4n) is 2.32. The third kappa shape index (κ3) is 4.41. The zero-order valence-corrected chi connectivity index (χ0v) is 11.3. The summed E-state index contributed by atoms with van der Waals surface area (Å²) in [4.78, 5) is 2.49. The lowest BCUT2D eigenvalue weighted by molar-refractivity contribution is 0.140. The van der Waals surface area contributed by atoms with Gasteiger partial charge in [-0.2, -0.15) is 0 Å². The van der Waals surface area contributed by atoms with Crippen LogP contribution in [0.5, 0.6) is 0 Å². The van der Waals surface area contributed by atoms with Crippen molar-refractivity contribution >= 4 is 0 Å². The van der Waals surface area contributed by atoms with Crippen molar-refractivity contribution in [1.82, 2.24) is 10.2 Å². The van der Waals surface area contributed by atoms with Crippen LogP contribution in [-0.2, 0) is 17.8 Å². The fourth-order valence-corrected chi connectivity index (χ4v) is 2.32. The molecule has 0 spiro atoms. The van der Waals surface area contributed by atoms with Crippen LogP contribution in [0.15, 0.2) is 24.3 Å². The summed E-state index contributed by atoms with van der Waals surface area (Å²) in [5.74, 6) is 0. The van der Waals surface area contributed by atoms with E-state index < -0.39 is 0 Å². The summed E-state index contributed by atoms with van der Waals surface area (Å²) < 4.78 is 5.49. The van der Waals surface area contributed by atoms with E-state index in [1.807, 2.05) is 0 Å².